The van der Waals surface area contributed by atoms with E-state index in [-0.39, 0.29) is 17.7 Å². The molecular formula is C28H33F3N4O4. The van der Waals surface area contributed by atoms with E-state index in [2.05, 4.69) is 10.3 Å². The Balaban J connectivity index is 1.74. The number of anilines is 1. The van der Waals surface area contributed by atoms with Crippen LogP contribution in [0.1, 0.15) is 63.3 Å². The summed E-state index contributed by atoms with van der Waals surface area (Å²) >= 11 is 0. The number of rotatable bonds is 6. The molecule has 0 saturated carbocycles. The summed E-state index contributed by atoms with van der Waals surface area (Å²) in [4.78, 5) is 32.1. The third-order valence-corrected chi connectivity index (χ3v) is 7.01. The third kappa shape index (κ3) is 5.45. The maximum absolute atomic E-state index is 14.8. The smallest absolute Gasteiger partial charge is 0.410 e. The number of amides is 1. The predicted octanol–water partition coefficient (Wildman–Crippen LogP) is 5.67. The van der Waals surface area contributed by atoms with Gasteiger partial charge in [-0.1, -0.05) is 18.2 Å². The van der Waals surface area contributed by atoms with Crippen molar-refractivity contribution in [2.45, 2.75) is 57.8 Å². The topological polar surface area (TPSA) is 85.7 Å². The molecule has 1 amide bonds. The van der Waals surface area contributed by atoms with Crippen LogP contribution in [-0.2, 0) is 22.1 Å². The Morgan fingerprint density at radius 2 is 1.90 bits per heavy atom. The molecule has 0 radical (unpaired) electrons. The van der Waals surface area contributed by atoms with Crippen LogP contribution in [0.5, 0.6) is 0 Å². The Bertz CT molecular complexity index is 1450. The van der Waals surface area contributed by atoms with Gasteiger partial charge in [-0.25, -0.2) is 22.9 Å². The first kappa shape index (κ1) is 28.4. The molecule has 1 aliphatic heterocycles. The Kier molecular flexibility index (Phi) is 7.66. The fourth-order valence-corrected chi connectivity index (χ4v) is 4.95. The Morgan fingerprint density at radius 1 is 1.21 bits per heavy atom. The first-order valence-electron chi connectivity index (χ1n) is 12.6. The second kappa shape index (κ2) is 10.5. The van der Waals surface area contributed by atoms with E-state index in [0.29, 0.717) is 35.2 Å². The lowest BCUT2D eigenvalue weighted by molar-refractivity contribution is -0.0140. The van der Waals surface area contributed by atoms with Crippen molar-refractivity contribution in [3.05, 3.63) is 69.4 Å². The second-order valence-corrected chi connectivity index (χ2v) is 10.8. The Morgan fingerprint density at radius 3 is 2.54 bits per heavy atom. The average Bonchev–Trinajstić information content (AvgIpc) is 3.31. The van der Waals surface area contributed by atoms with Gasteiger partial charge in [-0.3, -0.25) is 9.36 Å². The first-order valence-corrected chi connectivity index (χ1v) is 12.6. The van der Waals surface area contributed by atoms with Gasteiger partial charge in [-0.15, -0.1) is 0 Å². The number of carbonyl (C=O) groups excluding carboxylic acids is 1. The molecule has 210 valence electrons. The molecule has 3 heterocycles. The van der Waals surface area contributed by atoms with Gasteiger partial charge in [0.1, 0.15) is 22.7 Å². The van der Waals surface area contributed by atoms with Crippen LogP contribution >= 0.6 is 0 Å². The van der Waals surface area contributed by atoms with Crippen molar-refractivity contribution in [1.82, 2.24) is 14.5 Å². The standard InChI is InChI=1S/C28H33F3N4O4/c1-16(17-8-7-9-18(22(17)29)23(30)31)33-21-10-12-32-24-19(21)14-20(25(36)34(24)5)28(38-6)11-13-35(15-28)26(37)39-27(2,3)4/h7-10,12,14,16,23H,11,13,15H2,1-6H3,(H,32,33)/t16-,28?/m1/s1. The Hall–Kier alpha value is -3.60. The average molecular weight is 547 g/mol. The van der Waals surface area contributed by atoms with Crippen LogP contribution < -0.4 is 10.9 Å². The van der Waals surface area contributed by atoms with Crippen molar-refractivity contribution in [2.75, 3.05) is 25.5 Å². The number of likely N-dealkylation sites (tertiary alicyclic amines) is 1. The quantitative estimate of drug-likeness (QED) is 0.429. The highest BCUT2D eigenvalue weighted by atomic mass is 19.3. The highest BCUT2D eigenvalue weighted by Crippen LogP contribution is 2.37. The minimum absolute atomic E-state index is 0.0833. The van der Waals surface area contributed by atoms with Crippen LogP contribution in [0.15, 0.2) is 41.3 Å². The van der Waals surface area contributed by atoms with Gasteiger partial charge in [0, 0.05) is 50.0 Å². The molecule has 1 unspecified atom stereocenters. The van der Waals surface area contributed by atoms with Gasteiger partial charge >= 0.3 is 6.09 Å². The largest absolute Gasteiger partial charge is 0.444 e. The van der Waals surface area contributed by atoms with Gasteiger partial charge in [0.05, 0.1) is 23.7 Å². The number of pyridine rings is 2. The van der Waals surface area contributed by atoms with E-state index in [1.165, 1.54) is 34.9 Å². The molecule has 11 heteroatoms. The number of nitrogens with zero attached hydrogens (tertiary/aromatic N) is 3. The van der Waals surface area contributed by atoms with E-state index < -0.39 is 41.1 Å². The van der Waals surface area contributed by atoms with Crippen LogP contribution in [0.25, 0.3) is 11.0 Å². The summed E-state index contributed by atoms with van der Waals surface area (Å²) in [6.07, 6.45) is -1.55. The molecule has 0 spiro atoms. The summed E-state index contributed by atoms with van der Waals surface area (Å²) in [6.45, 7) is 7.45. The van der Waals surface area contributed by atoms with E-state index in [9.17, 15) is 22.8 Å². The van der Waals surface area contributed by atoms with Crippen LogP contribution in [0.3, 0.4) is 0 Å². The van der Waals surface area contributed by atoms with Crippen molar-refractivity contribution in [2.24, 2.45) is 7.05 Å². The fraction of sp³-hybridized carbons (Fsp3) is 0.464. The second-order valence-electron chi connectivity index (χ2n) is 10.8. The minimum Gasteiger partial charge on any atom is -0.444 e. The van der Waals surface area contributed by atoms with E-state index >= 15 is 0 Å². The molecule has 2 aromatic heterocycles. The molecule has 4 rings (SSSR count). The molecule has 0 bridgehead atoms. The zero-order valence-electron chi connectivity index (χ0n) is 22.8. The molecule has 8 nitrogen and oxygen atoms in total. The molecule has 1 aromatic carbocycles. The van der Waals surface area contributed by atoms with Gasteiger partial charge in [0.2, 0.25) is 0 Å². The minimum atomic E-state index is -2.94. The lowest BCUT2D eigenvalue weighted by Crippen LogP contribution is -2.42. The molecule has 1 saturated heterocycles. The normalized spacial score (nSPS) is 18.6. The molecule has 3 aromatic rings. The number of alkyl halides is 2. The third-order valence-electron chi connectivity index (χ3n) is 7.01. The lowest BCUT2D eigenvalue weighted by Gasteiger charge is -2.29. The summed E-state index contributed by atoms with van der Waals surface area (Å²) < 4.78 is 54.2. The van der Waals surface area contributed by atoms with Gasteiger partial charge in [0.15, 0.2) is 0 Å². The summed E-state index contributed by atoms with van der Waals surface area (Å²) in [7, 11) is 3.08. The van der Waals surface area contributed by atoms with Gasteiger partial charge in [-0.2, -0.15) is 0 Å². The number of methoxy groups -OCH3 is 1. The molecule has 1 aliphatic rings. The highest BCUT2D eigenvalue weighted by molar-refractivity contribution is 5.89. The number of nitrogens with one attached hydrogen (secondary N) is 1. The SMILES string of the molecule is COC1(c2cc3c(N[C@H](C)c4cccc(C(F)F)c4F)ccnc3n(C)c2=O)CCN(C(=O)OC(C)(C)C)C1. The zero-order valence-corrected chi connectivity index (χ0v) is 22.8. The molecule has 39 heavy (non-hydrogen) atoms. The summed E-state index contributed by atoms with van der Waals surface area (Å²) in [5, 5.41) is 3.74. The van der Waals surface area contributed by atoms with Crippen molar-refractivity contribution >= 4 is 22.8 Å². The number of ether oxygens (including phenoxy) is 2. The van der Waals surface area contributed by atoms with Crippen molar-refractivity contribution in [3.63, 3.8) is 0 Å². The van der Waals surface area contributed by atoms with Crippen molar-refractivity contribution in [1.29, 1.82) is 0 Å². The maximum atomic E-state index is 14.8. The lowest BCUT2D eigenvalue weighted by atomic mass is 9.92. The van der Waals surface area contributed by atoms with Crippen LogP contribution in [-0.4, -0.2) is 46.3 Å². The molecule has 1 N–H and O–H groups in total. The number of benzene rings is 1. The van der Waals surface area contributed by atoms with Crippen LogP contribution in [0.4, 0.5) is 23.7 Å². The fourth-order valence-electron chi connectivity index (χ4n) is 4.95. The van der Waals surface area contributed by atoms with Gasteiger partial charge in [-0.05, 0) is 39.8 Å². The van der Waals surface area contributed by atoms with E-state index in [4.69, 9.17) is 9.47 Å². The molecule has 0 aliphatic carbocycles. The van der Waals surface area contributed by atoms with Crippen LogP contribution in [0.2, 0.25) is 0 Å². The Labute approximate surface area is 224 Å². The molecule has 2 atom stereocenters. The summed E-state index contributed by atoms with van der Waals surface area (Å²) in [5.41, 5.74) is -1.44. The highest BCUT2D eigenvalue weighted by Gasteiger charge is 2.45. The van der Waals surface area contributed by atoms with E-state index in [0.717, 1.165) is 6.07 Å². The number of hydrogen-bond acceptors (Lipinski definition) is 6. The van der Waals surface area contributed by atoms with Gasteiger partial charge in [0.25, 0.3) is 12.0 Å². The summed E-state index contributed by atoms with van der Waals surface area (Å²) in [6, 6.07) is 6.57. The van der Waals surface area contributed by atoms with Crippen molar-refractivity contribution < 1.29 is 27.4 Å². The monoisotopic (exact) mass is 546 g/mol. The maximum Gasteiger partial charge on any atom is 0.410 e. The number of aromatic nitrogens is 2. The van der Waals surface area contributed by atoms with Gasteiger partial charge < -0.3 is 19.7 Å². The van der Waals surface area contributed by atoms with Crippen LogP contribution in [0, 0.1) is 5.82 Å². The number of carbonyl (C=O) groups is 1. The number of halogens is 3. The summed E-state index contributed by atoms with van der Waals surface area (Å²) in [5.74, 6) is -0.967. The van der Waals surface area contributed by atoms with Crippen molar-refractivity contribution in [3.8, 4) is 0 Å². The van der Waals surface area contributed by atoms with E-state index in [1.54, 1.807) is 46.9 Å². The molecule has 1 fully saturated rings. The zero-order chi connectivity index (χ0) is 28.7. The number of hydrogen-bond donors (Lipinski definition) is 1. The van der Waals surface area contributed by atoms with E-state index in [1.807, 2.05) is 0 Å². The predicted molar refractivity (Wildman–Crippen MR) is 141 cm³/mol. The molecular weight excluding hydrogens is 513 g/mol. The number of aryl methyl sites for hydroxylation is 1. The first-order chi connectivity index (χ1) is 18.3. The number of fused-ring (bicyclic) bond motifs is 1.